The zero-order valence-electron chi connectivity index (χ0n) is 14.4. The average molecular weight is 305 g/mol. The largest absolute Gasteiger partial charge is 0.383 e. The molecule has 1 unspecified atom stereocenters. The van der Waals surface area contributed by atoms with Crippen LogP contribution in [0.3, 0.4) is 0 Å². The summed E-state index contributed by atoms with van der Waals surface area (Å²) in [6.45, 7) is 10.6. The molecule has 0 aliphatic carbocycles. The average Bonchev–Trinajstić information content (AvgIpc) is 2.47. The van der Waals surface area contributed by atoms with Crippen LogP contribution in [0.5, 0.6) is 0 Å². The number of hydrogen-bond donors (Lipinski definition) is 1. The highest BCUT2D eigenvalue weighted by molar-refractivity contribution is 4.76. The van der Waals surface area contributed by atoms with E-state index in [4.69, 9.17) is 18.9 Å². The van der Waals surface area contributed by atoms with Crippen molar-refractivity contribution in [3.05, 3.63) is 0 Å². The van der Waals surface area contributed by atoms with Gasteiger partial charge in [-0.2, -0.15) is 0 Å². The Morgan fingerprint density at radius 2 is 1.43 bits per heavy atom. The monoisotopic (exact) mass is 305 g/mol. The molecule has 0 aromatic heterocycles. The molecule has 128 valence electrons. The maximum atomic E-state index is 5.67. The van der Waals surface area contributed by atoms with Crippen molar-refractivity contribution in [1.29, 1.82) is 0 Å². The van der Waals surface area contributed by atoms with Crippen LogP contribution in [0.4, 0.5) is 0 Å². The molecular weight excluding hydrogens is 270 g/mol. The second kappa shape index (κ2) is 14.7. The first kappa shape index (κ1) is 20.8. The summed E-state index contributed by atoms with van der Waals surface area (Å²) in [5.74, 6) is 0. The van der Waals surface area contributed by atoms with Crippen molar-refractivity contribution in [3.8, 4) is 0 Å². The molecule has 0 fully saturated rings. The summed E-state index contributed by atoms with van der Waals surface area (Å²) in [4.78, 5) is 0. The molecule has 0 radical (unpaired) electrons. The number of rotatable bonds is 16. The third-order valence-corrected chi connectivity index (χ3v) is 3.54. The van der Waals surface area contributed by atoms with E-state index in [9.17, 15) is 0 Å². The van der Waals surface area contributed by atoms with E-state index in [1.807, 2.05) is 0 Å². The molecule has 0 saturated heterocycles. The molecule has 5 heteroatoms. The van der Waals surface area contributed by atoms with Crippen LogP contribution in [-0.2, 0) is 18.9 Å². The lowest BCUT2D eigenvalue weighted by Crippen LogP contribution is -2.34. The van der Waals surface area contributed by atoms with Crippen LogP contribution in [0.15, 0.2) is 0 Å². The lowest BCUT2D eigenvalue weighted by molar-refractivity contribution is 0.0167. The summed E-state index contributed by atoms with van der Waals surface area (Å²) in [6, 6.07) is 0. The SMILES string of the molecule is CCCC(C)(CCOCCOCCOC)CNCCOC. The van der Waals surface area contributed by atoms with Gasteiger partial charge in [-0.3, -0.25) is 0 Å². The minimum atomic E-state index is 0.291. The van der Waals surface area contributed by atoms with E-state index in [0.29, 0.717) is 31.8 Å². The van der Waals surface area contributed by atoms with Gasteiger partial charge >= 0.3 is 0 Å². The van der Waals surface area contributed by atoms with Crippen LogP contribution in [-0.4, -0.2) is 67.0 Å². The van der Waals surface area contributed by atoms with Crippen molar-refractivity contribution in [2.24, 2.45) is 5.41 Å². The zero-order chi connectivity index (χ0) is 15.8. The van der Waals surface area contributed by atoms with Crippen LogP contribution >= 0.6 is 0 Å². The third kappa shape index (κ3) is 13.2. The van der Waals surface area contributed by atoms with E-state index < -0.39 is 0 Å². The van der Waals surface area contributed by atoms with Gasteiger partial charge in [-0.1, -0.05) is 20.3 Å². The molecule has 5 nitrogen and oxygen atoms in total. The van der Waals surface area contributed by atoms with E-state index in [-0.39, 0.29) is 0 Å². The van der Waals surface area contributed by atoms with Gasteiger partial charge in [0.2, 0.25) is 0 Å². The van der Waals surface area contributed by atoms with Gasteiger partial charge in [0.25, 0.3) is 0 Å². The fourth-order valence-corrected chi connectivity index (χ4v) is 2.25. The summed E-state index contributed by atoms with van der Waals surface area (Å²) >= 11 is 0. The maximum Gasteiger partial charge on any atom is 0.0701 e. The molecule has 0 aromatic rings. The lowest BCUT2D eigenvalue weighted by atomic mass is 9.82. The van der Waals surface area contributed by atoms with Gasteiger partial charge in [0.1, 0.15) is 0 Å². The van der Waals surface area contributed by atoms with Crippen LogP contribution in [0.2, 0.25) is 0 Å². The highest BCUT2D eigenvalue weighted by Gasteiger charge is 2.22. The summed E-state index contributed by atoms with van der Waals surface area (Å²) in [5.41, 5.74) is 0.291. The van der Waals surface area contributed by atoms with Gasteiger partial charge in [0.15, 0.2) is 0 Å². The van der Waals surface area contributed by atoms with E-state index in [1.165, 1.54) is 12.8 Å². The van der Waals surface area contributed by atoms with Crippen LogP contribution in [0.25, 0.3) is 0 Å². The normalized spacial score (nSPS) is 14.3. The first-order chi connectivity index (χ1) is 10.2. The van der Waals surface area contributed by atoms with Crippen molar-refractivity contribution in [1.82, 2.24) is 5.32 Å². The van der Waals surface area contributed by atoms with Crippen molar-refractivity contribution in [2.45, 2.75) is 33.1 Å². The fourth-order valence-electron chi connectivity index (χ4n) is 2.25. The van der Waals surface area contributed by atoms with Gasteiger partial charge in [-0.15, -0.1) is 0 Å². The van der Waals surface area contributed by atoms with Gasteiger partial charge in [0, 0.05) is 33.9 Å². The molecule has 0 amide bonds. The van der Waals surface area contributed by atoms with Gasteiger partial charge in [-0.05, 0) is 18.3 Å². The minimum absolute atomic E-state index is 0.291. The predicted octanol–water partition coefficient (Wildman–Crippen LogP) is 2.10. The molecular formula is C16H35NO4. The van der Waals surface area contributed by atoms with E-state index in [0.717, 1.165) is 32.7 Å². The zero-order valence-corrected chi connectivity index (χ0v) is 14.4. The second-order valence-corrected chi connectivity index (χ2v) is 5.70. The Morgan fingerprint density at radius 3 is 2.05 bits per heavy atom. The third-order valence-electron chi connectivity index (χ3n) is 3.54. The van der Waals surface area contributed by atoms with E-state index in [1.54, 1.807) is 14.2 Å². The van der Waals surface area contributed by atoms with Crippen molar-refractivity contribution < 1.29 is 18.9 Å². The standard InChI is InChI=1S/C16H35NO4/c1-5-6-16(2,15-17-8-10-18-3)7-9-20-13-14-21-12-11-19-4/h17H,5-15H2,1-4H3. The Labute approximate surface area is 130 Å². The van der Waals surface area contributed by atoms with Gasteiger partial charge < -0.3 is 24.3 Å². The quantitative estimate of drug-likeness (QED) is 0.443. The van der Waals surface area contributed by atoms with Crippen LogP contribution < -0.4 is 5.32 Å². The summed E-state index contributed by atoms with van der Waals surface area (Å²) in [6.07, 6.45) is 3.47. The lowest BCUT2D eigenvalue weighted by Gasteiger charge is -2.29. The fraction of sp³-hybridized carbons (Fsp3) is 1.00. The van der Waals surface area contributed by atoms with Crippen molar-refractivity contribution in [2.75, 3.05) is 67.0 Å². The van der Waals surface area contributed by atoms with Crippen LogP contribution in [0, 0.1) is 5.41 Å². The molecule has 0 saturated carbocycles. The predicted molar refractivity (Wildman–Crippen MR) is 85.9 cm³/mol. The molecule has 0 aromatic carbocycles. The highest BCUT2D eigenvalue weighted by atomic mass is 16.5. The number of ether oxygens (including phenoxy) is 4. The van der Waals surface area contributed by atoms with E-state index in [2.05, 4.69) is 19.2 Å². The Hall–Kier alpha value is -0.200. The van der Waals surface area contributed by atoms with E-state index >= 15 is 0 Å². The Kier molecular flexibility index (Phi) is 14.6. The first-order valence-corrected chi connectivity index (χ1v) is 8.02. The Bertz CT molecular complexity index is 216. The van der Waals surface area contributed by atoms with Crippen molar-refractivity contribution in [3.63, 3.8) is 0 Å². The summed E-state index contributed by atoms with van der Waals surface area (Å²) in [5, 5.41) is 3.47. The van der Waals surface area contributed by atoms with Gasteiger partial charge in [0.05, 0.1) is 33.0 Å². The molecule has 0 aliphatic rings. The molecule has 21 heavy (non-hydrogen) atoms. The molecule has 0 heterocycles. The topological polar surface area (TPSA) is 49.0 Å². The maximum absolute atomic E-state index is 5.67. The molecule has 0 aliphatic heterocycles. The number of nitrogens with one attached hydrogen (secondary N) is 1. The Morgan fingerprint density at radius 1 is 0.810 bits per heavy atom. The molecule has 0 bridgehead atoms. The van der Waals surface area contributed by atoms with Crippen molar-refractivity contribution >= 4 is 0 Å². The second-order valence-electron chi connectivity index (χ2n) is 5.70. The minimum Gasteiger partial charge on any atom is -0.383 e. The first-order valence-electron chi connectivity index (χ1n) is 8.02. The summed E-state index contributed by atoms with van der Waals surface area (Å²) in [7, 11) is 3.41. The Balaban J connectivity index is 3.66. The molecule has 1 atom stereocenters. The molecule has 0 spiro atoms. The smallest absolute Gasteiger partial charge is 0.0701 e. The molecule has 0 rings (SSSR count). The number of hydrogen-bond acceptors (Lipinski definition) is 5. The highest BCUT2D eigenvalue weighted by Crippen LogP contribution is 2.26. The molecule has 1 N–H and O–H groups in total. The van der Waals surface area contributed by atoms with Gasteiger partial charge in [-0.25, -0.2) is 0 Å². The van der Waals surface area contributed by atoms with Crippen LogP contribution in [0.1, 0.15) is 33.1 Å². The number of methoxy groups -OCH3 is 2. The summed E-state index contributed by atoms with van der Waals surface area (Å²) < 4.78 is 21.0.